The summed E-state index contributed by atoms with van der Waals surface area (Å²) in [7, 11) is 0. The maximum Gasteiger partial charge on any atom is 0.0333 e. The molecule has 19 heavy (non-hydrogen) atoms. The van der Waals surface area contributed by atoms with E-state index < -0.39 is 0 Å². The van der Waals surface area contributed by atoms with Crippen LogP contribution in [0, 0.1) is 5.92 Å². The van der Waals surface area contributed by atoms with Crippen LogP contribution in [0.25, 0.3) is 0 Å². The summed E-state index contributed by atoms with van der Waals surface area (Å²) in [5, 5.41) is 0. The van der Waals surface area contributed by atoms with Crippen molar-refractivity contribution in [2.75, 3.05) is 32.7 Å². The lowest BCUT2D eigenvalue weighted by Gasteiger charge is -2.49. The Morgan fingerprint density at radius 1 is 1.05 bits per heavy atom. The highest BCUT2D eigenvalue weighted by atomic mass is 15.3. The highest BCUT2D eigenvalue weighted by Crippen LogP contribution is 2.36. The fourth-order valence-electron chi connectivity index (χ4n) is 4.64. The molecule has 0 aromatic carbocycles. The molecule has 2 heterocycles. The van der Waals surface area contributed by atoms with Crippen molar-refractivity contribution in [3.63, 3.8) is 0 Å². The van der Waals surface area contributed by atoms with Gasteiger partial charge in [0.2, 0.25) is 0 Å². The van der Waals surface area contributed by atoms with Crippen LogP contribution in [-0.4, -0.2) is 54.1 Å². The van der Waals surface area contributed by atoms with Crippen molar-refractivity contribution in [3.8, 4) is 0 Å². The van der Waals surface area contributed by atoms with Gasteiger partial charge in [0.05, 0.1) is 0 Å². The molecule has 1 saturated carbocycles. The van der Waals surface area contributed by atoms with Crippen LogP contribution in [0.3, 0.4) is 0 Å². The van der Waals surface area contributed by atoms with Gasteiger partial charge in [0, 0.05) is 37.8 Å². The molecule has 0 amide bonds. The molecule has 0 aromatic rings. The first-order chi connectivity index (χ1) is 9.23. The molecule has 3 unspecified atom stereocenters. The van der Waals surface area contributed by atoms with Gasteiger partial charge >= 0.3 is 0 Å². The number of hydrogen-bond acceptors (Lipinski definition) is 3. The minimum absolute atomic E-state index is 0.333. The average Bonchev–Trinajstić information content (AvgIpc) is 2.81. The average molecular weight is 265 g/mol. The van der Waals surface area contributed by atoms with Gasteiger partial charge in [-0.05, 0) is 44.6 Å². The van der Waals surface area contributed by atoms with Gasteiger partial charge in [-0.3, -0.25) is 9.80 Å². The van der Waals surface area contributed by atoms with Crippen LogP contribution in [0.4, 0.5) is 0 Å². The largest absolute Gasteiger partial charge is 0.329 e. The Bertz CT molecular complexity index is 306. The van der Waals surface area contributed by atoms with E-state index in [1.807, 2.05) is 0 Å². The van der Waals surface area contributed by atoms with E-state index in [0.717, 1.165) is 18.5 Å². The molecular weight excluding hydrogens is 234 g/mol. The normalized spacial score (nSPS) is 42.0. The molecule has 0 radical (unpaired) electrons. The predicted molar refractivity (Wildman–Crippen MR) is 80.2 cm³/mol. The number of fused-ring (bicyclic) bond motifs is 1. The van der Waals surface area contributed by atoms with Gasteiger partial charge in [-0.1, -0.05) is 19.8 Å². The molecule has 2 N–H and O–H groups in total. The molecule has 0 aromatic heterocycles. The highest BCUT2D eigenvalue weighted by Gasteiger charge is 2.41. The third-order valence-electron chi connectivity index (χ3n) is 6.08. The molecule has 3 atom stereocenters. The SMILES string of the molecule is CC1CCCC(CN)(N2CCN3CCCC3C2)CC1. The van der Waals surface area contributed by atoms with E-state index in [9.17, 15) is 0 Å². The lowest BCUT2D eigenvalue weighted by Crippen LogP contribution is -2.61. The lowest BCUT2D eigenvalue weighted by atomic mass is 9.86. The molecule has 110 valence electrons. The van der Waals surface area contributed by atoms with Crippen LogP contribution in [0.1, 0.15) is 51.9 Å². The Hall–Kier alpha value is -0.120. The number of piperazine rings is 1. The molecule has 2 aliphatic heterocycles. The Morgan fingerprint density at radius 3 is 2.79 bits per heavy atom. The maximum atomic E-state index is 6.27. The van der Waals surface area contributed by atoms with Crippen molar-refractivity contribution in [2.24, 2.45) is 11.7 Å². The fourth-order valence-corrected chi connectivity index (χ4v) is 4.64. The van der Waals surface area contributed by atoms with Crippen LogP contribution in [-0.2, 0) is 0 Å². The first-order valence-corrected chi connectivity index (χ1v) is 8.43. The third-order valence-corrected chi connectivity index (χ3v) is 6.08. The molecule has 1 aliphatic carbocycles. The van der Waals surface area contributed by atoms with Gasteiger partial charge in [-0.2, -0.15) is 0 Å². The number of rotatable bonds is 2. The van der Waals surface area contributed by atoms with Crippen LogP contribution in [0.15, 0.2) is 0 Å². The quantitative estimate of drug-likeness (QED) is 0.776. The monoisotopic (exact) mass is 265 g/mol. The molecular formula is C16H31N3. The van der Waals surface area contributed by atoms with Crippen molar-refractivity contribution in [1.82, 2.24) is 9.80 Å². The van der Waals surface area contributed by atoms with Crippen LogP contribution < -0.4 is 5.73 Å². The summed E-state index contributed by atoms with van der Waals surface area (Å²) in [4.78, 5) is 5.50. The number of nitrogens with two attached hydrogens (primary N) is 1. The topological polar surface area (TPSA) is 32.5 Å². The van der Waals surface area contributed by atoms with Crippen LogP contribution >= 0.6 is 0 Å². The van der Waals surface area contributed by atoms with E-state index in [1.54, 1.807) is 0 Å². The molecule has 2 saturated heterocycles. The molecule has 3 heteroatoms. The summed E-state index contributed by atoms with van der Waals surface area (Å²) >= 11 is 0. The second-order valence-electron chi connectivity index (χ2n) is 7.24. The summed E-state index contributed by atoms with van der Waals surface area (Å²) in [5.74, 6) is 0.904. The number of nitrogens with zero attached hydrogens (tertiary/aromatic N) is 2. The zero-order valence-electron chi connectivity index (χ0n) is 12.6. The van der Waals surface area contributed by atoms with E-state index in [4.69, 9.17) is 5.73 Å². The molecule has 3 fully saturated rings. The molecule has 0 bridgehead atoms. The van der Waals surface area contributed by atoms with E-state index in [-0.39, 0.29) is 0 Å². The molecule has 3 aliphatic rings. The van der Waals surface area contributed by atoms with Gasteiger partial charge < -0.3 is 5.73 Å². The zero-order chi connectivity index (χ0) is 13.3. The lowest BCUT2D eigenvalue weighted by molar-refractivity contribution is 0.00892. The molecule has 3 rings (SSSR count). The molecule has 0 spiro atoms. The summed E-state index contributed by atoms with van der Waals surface area (Å²) < 4.78 is 0. The smallest absolute Gasteiger partial charge is 0.0333 e. The Morgan fingerprint density at radius 2 is 1.95 bits per heavy atom. The van der Waals surface area contributed by atoms with Crippen molar-refractivity contribution < 1.29 is 0 Å². The second-order valence-corrected chi connectivity index (χ2v) is 7.24. The second kappa shape index (κ2) is 5.71. The Labute approximate surface area is 118 Å². The fraction of sp³-hybridized carbons (Fsp3) is 1.00. The van der Waals surface area contributed by atoms with Crippen LogP contribution in [0.2, 0.25) is 0 Å². The van der Waals surface area contributed by atoms with Crippen LogP contribution in [0.5, 0.6) is 0 Å². The van der Waals surface area contributed by atoms with E-state index >= 15 is 0 Å². The van der Waals surface area contributed by atoms with Crippen molar-refractivity contribution >= 4 is 0 Å². The number of hydrogen-bond donors (Lipinski definition) is 1. The van der Waals surface area contributed by atoms with Gasteiger partial charge in [0.15, 0.2) is 0 Å². The van der Waals surface area contributed by atoms with Gasteiger partial charge in [-0.25, -0.2) is 0 Å². The first-order valence-electron chi connectivity index (χ1n) is 8.43. The minimum Gasteiger partial charge on any atom is -0.329 e. The molecule has 3 nitrogen and oxygen atoms in total. The van der Waals surface area contributed by atoms with Gasteiger partial charge in [0.1, 0.15) is 0 Å². The standard InChI is InChI=1S/C16H31N3/c1-14-4-2-7-16(13-17,8-6-14)19-11-10-18-9-3-5-15(18)12-19/h14-15H,2-13,17H2,1H3. The summed E-state index contributed by atoms with van der Waals surface area (Å²) in [6.07, 6.45) is 9.65. The summed E-state index contributed by atoms with van der Waals surface area (Å²) in [6, 6.07) is 0.831. The van der Waals surface area contributed by atoms with Gasteiger partial charge in [0.25, 0.3) is 0 Å². The summed E-state index contributed by atoms with van der Waals surface area (Å²) in [6.45, 7) is 8.44. The Balaban J connectivity index is 1.70. The van der Waals surface area contributed by atoms with E-state index in [2.05, 4.69) is 16.7 Å². The highest BCUT2D eigenvalue weighted by molar-refractivity contribution is 4.99. The minimum atomic E-state index is 0.333. The summed E-state index contributed by atoms with van der Waals surface area (Å²) in [5.41, 5.74) is 6.60. The first kappa shape index (κ1) is 13.8. The Kier molecular flexibility index (Phi) is 4.16. The van der Waals surface area contributed by atoms with Crippen molar-refractivity contribution in [3.05, 3.63) is 0 Å². The predicted octanol–water partition coefficient (Wildman–Crippen LogP) is 2.06. The van der Waals surface area contributed by atoms with Gasteiger partial charge in [-0.15, -0.1) is 0 Å². The zero-order valence-corrected chi connectivity index (χ0v) is 12.6. The van der Waals surface area contributed by atoms with Crippen molar-refractivity contribution in [2.45, 2.75) is 63.5 Å². The van der Waals surface area contributed by atoms with E-state index in [0.29, 0.717) is 5.54 Å². The van der Waals surface area contributed by atoms with Crippen molar-refractivity contribution in [1.29, 1.82) is 0 Å². The maximum absolute atomic E-state index is 6.27. The third kappa shape index (κ3) is 2.70. The van der Waals surface area contributed by atoms with E-state index in [1.165, 1.54) is 71.1 Å².